The summed E-state index contributed by atoms with van der Waals surface area (Å²) >= 11 is 0. The number of ether oxygens (including phenoxy) is 1. The maximum absolute atomic E-state index is 12.4. The number of likely N-dealkylation sites (tertiary alicyclic amines) is 1. The van der Waals surface area contributed by atoms with Gasteiger partial charge < -0.3 is 19.1 Å². The summed E-state index contributed by atoms with van der Waals surface area (Å²) in [7, 11) is 0. The molecule has 0 saturated carbocycles. The highest BCUT2D eigenvalue weighted by atomic mass is 16.5. The molecule has 2 aromatic rings. The van der Waals surface area contributed by atoms with Gasteiger partial charge in [-0.15, -0.1) is 0 Å². The van der Waals surface area contributed by atoms with Crippen molar-refractivity contribution in [3.8, 4) is 0 Å². The molecule has 3 rings (SSSR count). The van der Waals surface area contributed by atoms with E-state index in [1.54, 1.807) is 0 Å². The third-order valence-electron chi connectivity index (χ3n) is 4.99. The van der Waals surface area contributed by atoms with Crippen LogP contribution in [0.5, 0.6) is 0 Å². The number of hydrogen-bond acceptors (Lipinski definition) is 5. The molecule has 0 N–H and O–H groups in total. The predicted molar refractivity (Wildman–Crippen MR) is 101 cm³/mol. The maximum Gasteiger partial charge on any atom is 0.319 e. The van der Waals surface area contributed by atoms with E-state index in [9.17, 15) is 4.79 Å². The van der Waals surface area contributed by atoms with Gasteiger partial charge in [0, 0.05) is 32.1 Å². The quantitative estimate of drug-likeness (QED) is 0.745. The minimum absolute atomic E-state index is 0.126. The topological polar surface area (TPSA) is 71.7 Å². The third-order valence-corrected chi connectivity index (χ3v) is 4.99. The maximum atomic E-state index is 12.4. The van der Waals surface area contributed by atoms with E-state index in [4.69, 9.17) is 9.26 Å². The van der Waals surface area contributed by atoms with E-state index in [-0.39, 0.29) is 11.9 Å². The molecule has 0 aliphatic carbocycles. The molecule has 27 heavy (non-hydrogen) atoms. The molecule has 1 aromatic heterocycles. The van der Waals surface area contributed by atoms with Crippen LogP contribution in [-0.4, -0.2) is 52.2 Å². The van der Waals surface area contributed by atoms with Crippen LogP contribution < -0.4 is 0 Å². The number of piperidine rings is 1. The Morgan fingerprint density at radius 3 is 2.56 bits per heavy atom. The first-order valence-electron chi connectivity index (χ1n) is 9.69. The number of rotatable bonds is 7. The van der Waals surface area contributed by atoms with E-state index in [0.717, 1.165) is 50.4 Å². The van der Waals surface area contributed by atoms with Gasteiger partial charge in [0.2, 0.25) is 0 Å². The minimum atomic E-state index is 0.126. The van der Waals surface area contributed by atoms with Crippen molar-refractivity contribution in [2.75, 3.05) is 26.2 Å². The summed E-state index contributed by atoms with van der Waals surface area (Å²) in [6, 6.07) is 10.1. The Balaban J connectivity index is 1.46. The zero-order chi connectivity index (χ0) is 19.1. The smallest absolute Gasteiger partial charge is 0.319 e. The average Bonchev–Trinajstić information content (AvgIpc) is 3.19. The fourth-order valence-corrected chi connectivity index (χ4v) is 3.35. The van der Waals surface area contributed by atoms with Crippen LogP contribution in [0, 0.1) is 0 Å². The van der Waals surface area contributed by atoms with E-state index in [1.165, 1.54) is 0 Å². The van der Waals surface area contributed by atoms with Crippen LogP contribution in [0.15, 0.2) is 34.9 Å². The van der Waals surface area contributed by atoms with E-state index in [0.29, 0.717) is 19.1 Å². The highest BCUT2D eigenvalue weighted by Gasteiger charge is 2.28. The van der Waals surface area contributed by atoms with Gasteiger partial charge in [-0.2, -0.15) is 4.98 Å². The van der Waals surface area contributed by atoms with Gasteiger partial charge in [-0.1, -0.05) is 35.5 Å². The zero-order valence-corrected chi connectivity index (χ0v) is 16.1. The molecule has 1 fully saturated rings. The van der Waals surface area contributed by atoms with E-state index < -0.39 is 0 Å². The van der Waals surface area contributed by atoms with Gasteiger partial charge in [-0.25, -0.2) is 4.79 Å². The van der Waals surface area contributed by atoms with Crippen molar-refractivity contribution < 1.29 is 14.1 Å². The minimum Gasteiger partial charge on any atom is -0.367 e. The lowest BCUT2D eigenvalue weighted by Crippen LogP contribution is -2.46. The Labute approximate surface area is 160 Å². The van der Waals surface area contributed by atoms with Crippen molar-refractivity contribution >= 4 is 6.03 Å². The molecule has 0 spiro atoms. The van der Waals surface area contributed by atoms with Crippen LogP contribution >= 0.6 is 0 Å². The number of nitrogens with zero attached hydrogens (tertiary/aromatic N) is 4. The second-order valence-corrected chi connectivity index (χ2v) is 6.74. The Hall–Kier alpha value is -2.41. The van der Waals surface area contributed by atoms with E-state index in [2.05, 4.69) is 10.1 Å². The largest absolute Gasteiger partial charge is 0.367 e. The number of amides is 2. The molecule has 0 atom stereocenters. The number of aromatic nitrogens is 2. The van der Waals surface area contributed by atoms with Crippen molar-refractivity contribution in [1.29, 1.82) is 0 Å². The molecule has 0 radical (unpaired) electrons. The molecule has 0 bridgehead atoms. The van der Waals surface area contributed by atoms with Crippen molar-refractivity contribution in [3.63, 3.8) is 0 Å². The van der Waals surface area contributed by atoms with Gasteiger partial charge in [0.15, 0.2) is 5.82 Å². The van der Waals surface area contributed by atoms with E-state index in [1.807, 2.05) is 54.0 Å². The molecular formula is C20H28N4O3. The number of carbonyl (C=O) groups is 1. The summed E-state index contributed by atoms with van der Waals surface area (Å²) in [5, 5.41) is 4.12. The number of hydrogen-bond donors (Lipinski definition) is 0. The summed E-state index contributed by atoms with van der Waals surface area (Å²) in [5.74, 6) is 1.46. The number of carbonyl (C=O) groups excluding carboxylic acids is 1. The van der Waals surface area contributed by atoms with Crippen LogP contribution in [0.25, 0.3) is 0 Å². The molecule has 146 valence electrons. The first kappa shape index (κ1) is 19.4. The first-order chi connectivity index (χ1) is 13.2. The van der Waals surface area contributed by atoms with Crippen molar-refractivity contribution in [2.24, 2.45) is 0 Å². The Morgan fingerprint density at radius 1 is 1.19 bits per heavy atom. The van der Waals surface area contributed by atoms with Crippen LogP contribution in [-0.2, 0) is 18.0 Å². The van der Waals surface area contributed by atoms with Gasteiger partial charge >= 0.3 is 6.03 Å². The summed E-state index contributed by atoms with van der Waals surface area (Å²) < 4.78 is 11.0. The normalized spacial score (nSPS) is 15.1. The molecule has 1 aliphatic heterocycles. The lowest BCUT2D eigenvalue weighted by atomic mass is 9.96. The Morgan fingerprint density at radius 2 is 1.89 bits per heavy atom. The molecular weight excluding hydrogens is 344 g/mol. The summed E-state index contributed by atoms with van der Waals surface area (Å²) in [5.41, 5.74) is 1.11. The lowest BCUT2D eigenvalue weighted by molar-refractivity contribution is 0.0850. The third kappa shape index (κ3) is 5.07. The van der Waals surface area contributed by atoms with Crippen LogP contribution in [0.2, 0.25) is 0 Å². The van der Waals surface area contributed by atoms with Crippen molar-refractivity contribution in [1.82, 2.24) is 19.9 Å². The molecule has 7 heteroatoms. The lowest BCUT2D eigenvalue weighted by Gasteiger charge is -2.34. The fraction of sp³-hybridized carbons (Fsp3) is 0.550. The summed E-state index contributed by atoms with van der Waals surface area (Å²) in [6.45, 7) is 7.79. The van der Waals surface area contributed by atoms with Gasteiger partial charge in [-0.3, -0.25) is 0 Å². The SMILES string of the molecule is CCN(CC)C(=O)N1CCC(c2noc(COCc3ccccc3)n2)CC1. The van der Waals surface area contributed by atoms with E-state index >= 15 is 0 Å². The average molecular weight is 372 g/mol. The molecule has 2 amide bonds. The highest BCUT2D eigenvalue weighted by molar-refractivity contribution is 5.74. The second kappa shape index (κ2) is 9.50. The van der Waals surface area contributed by atoms with Crippen molar-refractivity contribution in [2.45, 2.75) is 45.8 Å². The molecule has 1 aliphatic rings. The highest BCUT2D eigenvalue weighted by Crippen LogP contribution is 2.26. The molecule has 1 aromatic carbocycles. The molecule has 7 nitrogen and oxygen atoms in total. The van der Waals surface area contributed by atoms with Crippen molar-refractivity contribution in [3.05, 3.63) is 47.6 Å². The van der Waals surface area contributed by atoms with Gasteiger partial charge in [-0.05, 0) is 32.3 Å². The predicted octanol–water partition coefficient (Wildman–Crippen LogP) is 3.43. The van der Waals surface area contributed by atoms with Gasteiger partial charge in [0.25, 0.3) is 5.89 Å². The van der Waals surface area contributed by atoms with Crippen LogP contribution in [0.3, 0.4) is 0 Å². The monoisotopic (exact) mass is 372 g/mol. The molecule has 0 unspecified atom stereocenters. The Bertz CT molecular complexity index is 707. The first-order valence-corrected chi connectivity index (χ1v) is 9.69. The van der Waals surface area contributed by atoms with Crippen LogP contribution in [0.1, 0.15) is 49.9 Å². The summed E-state index contributed by atoms with van der Waals surface area (Å²) in [4.78, 5) is 20.7. The molecule has 2 heterocycles. The van der Waals surface area contributed by atoms with Crippen LogP contribution in [0.4, 0.5) is 4.79 Å². The molecule has 1 saturated heterocycles. The Kier molecular flexibility index (Phi) is 6.81. The zero-order valence-electron chi connectivity index (χ0n) is 16.1. The number of urea groups is 1. The van der Waals surface area contributed by atoms with Gasteiger partial charge in [0.1, 0.15) is 6.61 Å². The van der Waals surface area contributed by atoms with Gasteiger partial charge in [0.05, 0.1) is 6.61 Å². The number of benzene rings is 1. The fourth-order valence-electron chi connectivity index (χ4n) is 3.35. The summed E-state index contributed by atoms with van der Waals surface area (Å²) in [6.07, 6.45) is 1.72. The second-order valence-electron chi connectivity index (χ2n) is 6.74. The standard InChI is InChI=1S/C20H28N4O3/c1-3-23(4-2)20(25)24-12-10-17(11-13-24)19-21-18(27-22-19)15-26-14-16-8-6-5-7-9-16/h5-9,17H,3-4,10-15H2,1-2H3.